The number of alkyl halides is 3. The highest BCUT2D eigenvalue weighted by molar-refractivity contribution is 6.02. The molecule has 11 nitrogen and oxygen atoms in total. The van der Waals surface area contributed by atoms with Crippen LogP contribution in [0.2, 0.25) is 0 Å². The number of halogens is 3. The number of hydrogen-bond acceptors (Lipinski definition) is 11. The van der Waals surface area contributed by atoms with Crippen LogP contribution < -0.4 is 25.1 Å². The third-order valence-corrected chi connectivity index (χ3v) is 6.93. The molecule has 1 N–H and O–H groups in total. The number of ether oxygens (including phenoxy) is 3. The van der Waals surface area contributed by atoms with Crippen molar-refractivity contribution >= 4 is 34.5 Å². The van der Waals surface area contributed by atoms with Crippen LogP contribution in [0, 0.1) is 6.92 Å². The highest BCUT2D eigenvalue weighted by atomic mass is 19.4. The van der Waals surface area contributed by atoms with Crippen LogP contribution in [0.1, 0.15) is 41.4 Å². The van der Waals surface area contributed by atoms with Crippen LogP contribution in [0.15, 0.2) is 63.8 Å². The van der Waals surface area contributed by atoms with E-state index in [1.165, 1.54) is 31.4 Å². The molecule has 1 aliphatic rings. The van der Waals surface area contributed by atoms with Crippen molar-refractivity contribution in [2.24, 2.45) is 0 Å². The van der Waals surface area contributed by atoms with E-state index in [0.717, 1.165) is 5.56 Å². The van der Waals surface area contributed by atoms with Gasteiger partial charge in [0.15, 0.2) is 11.3 Å². The van der Waals surface area contributed by atoms with Gasteiger partial charge in [-0.2, -0.15) is 13.2 Å². The van der Waals surface area contributed by atoms with Gasteiger partial charge in [0.2, 0.25) is 11.8 Å². The molecule has 230 valence electrons. The maximum Gasteiger partial charge on any atom is 0.491 e. The van der Waals surface area contributed by atoms with Crippen molar-refractivity contribution in [3.63, 3.8) is 0 Å². The summed E-state index contributed by atoms with van der Waals surface area (Å²) in [6.45, 7) is 6.19. The van der Waals surface area contributed by atoms with E-state index in [0.29, 0.717) is 47.3 Å². The van der Waals surface area contributed by atoms with E-state index in [1.54, 1.807) is 44.2 Å². The van der Waals surface area contributed by atoms with Crippen molar-refractivity contribution in [2.45, 2.75) is 38.6 Å². The average molecular weight is 613 g/mol. The standard InChI is InChI=1S/C30H27F3N4O7/c1-16-11-19(17(2)34-21-8-6-5-7-18(21)27(39)43-28(40)30(31,32)33)26-20(12-16)22(38)13-25(42-26)37-14-29(3,15-37)44-24-10-9-23(41-4)35-36-24/h5-13,17,34H,14-15H2,1-4H3. The number of fused-ring (bicyclic) bond motifs is 1. The molecule has 0 amide bonds. The minimum atomic E-state index is -5.33. The fourth-order valence-corrected chi connectivity index (χ4v) is 4.90. The molecule has 44 heavy (non-hydrogen) atoms. The van der Waals surface area contributed by atoms with Gasteiger partial charge < -0.3 is 28.8 Å². The normalized spacial score (nSPS) is 14.8. The predicted molar refractivity (Wildman–Crippen MR) is 152 cm³/mol. The van der Waals surface area contributed by atoms with Gasteiger partial charge in [-0.05, 0) is 44.5 Å². The Labute approximate surface area is 248 Å². The predicted octanol–water partition coefficient (Wildman–Crippen LogP) is 4.98. The third kappa shape index (κ3) is 6.28. The van der Waals surface area contributed by atoms with Crippen LogP contribution in [0.3, 0.4) is 0 Å². The maximum atomic E-state index is 13.2. The molecule has 14 heteroatoms. The molecule has 0 aliphatic carbocycles. The lowest BCUT2D eigenvalue weighted by molar-refractivity contribution is -0.193. The van der Waals surface area contributed by atoms with Gasteiger partial charge in [0.05, 0.1) is 37.2 Å². The molecule has 0 saturated carbocycles. The number of nitrogens with zero attached hydrogens (tertiary/aromatic N) is 3. The summed E-state index contributed by atoms with van der Waals surface area (Å²) in [5, 5.41) is 11.3. The summed E-state index contributed by atoms with van der Waals surface area (Å²) in [7, 11) is 1.48. The Morgan fingerprint density at radius 2 is 1.75 bits per heavy atom. The molecular weight excluding hydrogens is 585 g/mol. The second-order valence-electron chi connectivity index (χ2n) is 10.6. The van der Waals surface area contributed by atoms with Crippen molar-refractivity contribution < 1.29 is 41.4 Å². The number of carbonyl (C=O) groups is 2. The number of rotatable bonds is 8. The van der Waals surface area contributed by atoms with Crippen molar-refractivity contribution in [1.29, 1.82) is 0 Å². The molecular formula is C30H27F3N4O7. The first-order valence-electron chi connectivity index (χ1n) is 13.4. The smallest absolute Gasteiger partial charge is 0.480 e. The molecule has 0 radical (unpaired) electrons. The van der Waals surface area contributed by atoms with Gasteiger partial charge in [0, 0.05) is 29.4 Å². The van der Waals surface area contributed by atoms with Crippen molar-refractivity contribution in [3.05, 3.63) is 81.5 Å². The van der Waals surface area contributed by atoms with Crippen molar-refractivity contribution in [3.8, 4) is 11.8 Å². The first-order valence-corrected chi connectivity index (χ1v) is 13.4. The monoisotopic (exact) mass is 612 g/mol. The van der Waals surface area contributed by atoms with Gasteiger partial charge in [-0.1, -0.05) is 18.2 Å². The lowest BCUT2D eigenvalue weighted by Gasteiger charge is -2.47. The van der Waals surface area contributed by atoms with Gasteiger partial charge in [-0.25, -0.2) is 9.59 Å². The molecule has 1 unspecified atom stereocenters. The SMILES string of the molecule is COc1ccc(OC2(C)CN(c3cc(=O)c4cc(C)cc(C(C)Nc5ccccc5C(=O)OC(=O)C(F)(F)F)c4o3)C2)nn1. The second-order valence-corrected chi connectivity index (χ2v) is 10.6. The molecule has 3 heterocycles. The summed E-state index contributed by atoms with van der Waals surface area (Å²) in [4.78, 5) is 38.7. The number of nitrogens with one attached hydrogen (secondary N) is 1. The van der Waals surface area contributed by atoms with Crippen LogP contribution in [-0.2, 0) is 9.53 Å². The summed E-state index contributed by atoms with van der Waals surface area (Å²) in [6, 6.07) is 13.2. The highest BCUT2D eigenvalue weighted by Gasteiger charge is 2.44. The molecule has 1 atom stereocenters. The van der Waals surface area contributed by atoms with Gasteiger partial charge in [-0.3, -0.25) is 4.79 Å². The average Bonchev–Trinajstić information content (AvgIpc) is 2.95. The number of carbonyl (C=O) groups excluding carboxylic acids is 2. The molecule has 1 saturated heterocycles. The van der Waals surface area contributed by atoms with Gasteiger partial charge in [0.25, 0.3) is 0 Å². The Balaban J connectivity index is 1.39. The van der Waals surface area contributed by atoms with E-state index >= 15 is 0 Å². The van der Waals surface area contributed by atoms with Crippen LogP contribution in [0.25, 0.3) is 11.0 Å². The second kappa shape index (κ2) is 11.5. The van der Waals surface area contributed by atoms with Crippen LogP contribution in [0.5, 0.6) is 11.8 Å². The van der Waals surface area contributed by atoms with Gasteiger partial charge in [0.1, 0.15) is 11.2 Å². The molecule has 1 fully saturated rings. The zero-order chi connectivity index (χ0) is 31.8. The molecule has 0 spiro atoms. The zero-order valence-electron chi connectivity index (χ0n) is 24.0. The molecule has 2 aromatic carbocycles. The summed E-state index contributed by atoms with van der Waals surface area (Å²) < 4.78 is 59.3. The lowest BCUT2D eigenvalue weighted by atomic mass is 9.96. The van der Waals surface area contributed by atoms with Gasteiger partial charge >= 0.3 is 18.1 Å². The Bertz CT molecular complexity index is 1780. The van der Waals surface area contributed by atoms with E-state index < -0.39 is 29.8 Å². The van der Waals surface area contributed by atoms with E-state index in [9.17, 15) is 27.6 Å². The Morgan fingerprint density at radius 1 is 1.07 bits per heavy atom. The van der Waals surface area contributed by atoms with E-state index in [4.69, 9.17) is 13.9 Å². The maximum absolute atomic E-state index is 13.2. The molecule has 2 aromatic heterocycles. The summed E-state index contributed by atoms with van der Waals surface area (Å²) in [6.07, 6.45) is -5.33. The van der Waals surface area contributed by atoms with Crippen molar-refractivity contribution in [2.75, 3.05) is 30.4 Å². The topological polar surface area (TPSA) is 133 Å². The van der Waals surface area contributed by atoms with E-state index in [1.807, 2.05) is 11.8 Å². The number of hydrogen-bond donors (Lipinski definition) is 1. The van der Waals surface area contributed by atoms with Crippen LogP contribution in [-0.4, -0.2) is 54.1 Å². The molecule has 1 aliphatic heterocycles. The Kier molecular flexibility index (Phi) is 7.93. The number of aryl methyl sites for hydroxylation is 1. The summed E-state index contributed by atoms with van der Waals surface area (Å²) in [5.41, 5.74) is 0.539. The zero-order valence-corrected chi connectivity index (χ0v) is 24.0. The minimum absolute atomic E-state index is 0.116. The van der Waals surface area contributed by atoms with E-state index in [-0.39, 0.29) is 16.7 Å². The number of methoxy groups -OCH3 is 1. The Hall–Kier alpha value is -5.14. The third-order valence-electron chi connectivity index (χ3n) is 6.93. The number of anilines is 2. The van der Waals surface area contributed by atoms with Gasteiger partial charge in [-0.15, -0.1) is 10.2 Å². The Morgan fingerprint density at radius 3 is 2.41 bits per heavy atom. The minimum Gasteiger partial charge on any atom is -0.480 e. The number of benzene rings is 2. The molecule has 5 rings (SSSR count). The van der Waals surface area contributed by atoms with Crippen LogP contribution >= 0.6 is 0 Å². The fourth-order valence-electron chi connectivity index (χ4n) is 4.90. The summed E-state index contributed by atoms with van der Waals surface area (Å²) in [5.74, 6) is -3.10. The first-order chi connectivity index (χ1) is 20.8. The van der Waals surface area contributed by atoms with Crippen LogP contribution in [0.4, 0.5) is 24.7 Å². The number of aromatic nitrogens is 2. The number of esters is 2. The fraction of sp³-hybridized carbons (Fsp3) is 0.300. The lowest BCUT2D eigenvalue weighted by Crippen LogP contribution is -2.63. The quantitative estimate of drug-likeness (QED) is 0.213. The van der Waals surface area contributed by atoms with Crippen molar-refractivity contribution in [1.82, 2.24) is 10.2 Å². The molecule has 4 aromatic rings. The first kappa shape index (κ1) is 30.3. The highest BCUT2D eigenvalue weighted by Crippen LogP contribution is 2.35. The van der Waals surface area contributed by atoms with E-state index in [2.05, 4.69) is 20.3 Å². The largest absolute Gasteiger partial charge is 0.491 e. The molecule has 0 bridgehead atoms. The number of para-hydroxylation sites is 1. The summed E-state index contributed by atoms with van der Waals surface area (Å²) >= 11 is 0.